The molecule has 1 heterocycles. The van der Waals surface area contributed by atoms with Crippen molar-refractivity contribution in [3.8, 4) is 0 Å². The van der Waals surface area contributed by atoms with Gasteiger partial charge in [0.2, 0.25) is 0 Å². The summed E-state index contributed by atoms with van der Waals surface area (Å²) in [6, 6.07) is 0.567. The summed E-state index contributed by atoms with van der Waals surface area (Å²) < 4.78 is 10.2. The first kappa shape index (κ1) is 15.2. The van der Waals surface area contributed by atoms with Crippen molar-refractivity contribution in [1.29, 1.82) is 0 Å². The lowest BCUT2D eigenvalue weighted by molar-refractivity contribution is -0.140. The summed E-state index contributed by atoms with van der Waals surface area (Å²) in [6.07, 6.45) is 1.46. The average molecular weight is 269 g/mol. The number of carbonyl (C=O) groups is 2. The molecule has 6 heteroatoms. The van der Waals surface area contributed by atoms with Crippen LogP contribution in [0.3, 0.4) is 0 Å². The lowest BCUT2D eigenvalue weighted by atomic mass is 10.1. The number of rotatable bonds is 7. The Bertz CT molecular complexity index is 430. The Labute approximate surface area is 111 Å². The first-order chi connectivity index (χ1) is 9.03. The highest BCUT2D eigenvalue weighted by Gasteiger charge is 2.23. The Morgan fingerprint density at radius 1 is 1.42 bits per heavy atom. The SMILES string of the molecule is CCc1cc(C(=O)NC(COC)C(=O)O)oc1CC. The number of carbonyl (C=O) groups excluding carboxylic acids is 1. The van der Waals surface area contributed by atoms with Gasteiger partial charge in [-0.15, -0.1) is 0 Å². The number of furan rings is 1. The summed E-state index contributed by atoms with van der Waals surface area (Å²) in [7, 11) is 1.37. The number of aryl methyl sites for hydroxylation is 2. The van der Waals surface area contributed by atoms with Crippen molar-refractivity contribution in [2.75, 3.05) is 13.7 Å². The van der Waals surface area contributed by atoms with Crippen LogP contribution >= 0.6 is 0 Å². The van der Waals surface area contributed by atoms with Crippen LogP contribution in [0.1, 0.15) is 35.7 Å². The largest absolute Gasteiger partial charge is 0.480 e. The van der Waals surface area contributed by atoms with Crippen LogP contribution in [0, 0.1) is 0 Å². The molecule has 0 saturated carbocycles. The molecule has 1 atom stereocenters. The first-order valence-corrected chi connectivity index (χ1v) is 6.17. The topological polar surface area (TPSA) is 88.8 Å². The number of hydrogen-bond donors (Lipinski definition) is 2. The molecule has 106 valence electrons. The van der Waals surface area contributed by atoms with Crippen LogP contribution < -0.4 is 5.32 Å². The van der Waals surface area contributed by atoms with Gasteiger partial charge in [-0.2, -0.15) is 0 Å². The van der Waals surface area contributed by atoms with E-state index in [9.17, 15) is 9.59 Å². The second kappa shape index (κ2) is 6.94. The molecule has 0 aliphatic rings. The fraction of sp³-hybridized carbons (Fsp3) is 0.538. The molecule has 0 bridgehead atoms. The lowest BCUT2D eigenvalue weighted by Crippen LogP contribution is -2.43. The summed E-state index contributed by atoms with van der Waals surface area (Å²) in [5.74, 6) is -0.797. The highest BCUT2D eigenvalue weighted by atomic mass is 16.5. The maximum atomic E-state index is 11.9. The van der Waals surface area contributed by atoms with Gasteiger partial charge < -0.3 is 19.6 Å². The van der Waals surface area contributed by atoms with Crippen LogP contribution in [0.25, 0.3) is 0 Å². The van der Waals surface area contributed by atoms with Crippen molar-refractivity contribution in [2.24, 2.45) is 0 Å². The van der Waals surface area contributed by atoms with E-state index in [1.807, 2.05) is 13.8 Å². The van der Waals surface area contributed by atoms with E-state index in [1.54, 1.807) is 6.07 Å². The fourth-order valence-corrected chi connectivity index (χ4v) is 1.75. The molecular formula is C13H19NO5. The van der Waals surface area contributed by atoms with Gasteiger partial charge in [0, 0.05) is 13.5 Å². The highest BCUT2D eigenvalue weighted by Crippen LogP contribution is 2.17. The number of carboxylic acid groups (broad SMARTS) is 1. The predicted octanol–water partition coefficient (Wildman–Crippen LogP) is 1.23. The monoisotopic (exact) mass is 269 g/mol. The van der Waals surface area contributed by atoms with Gasteiger partial charge in [-0.05, 0) is 18.1 Å². The Morgan fingerprint density at radius 3 is 2.53 bits per heavy atom. The Kier molecular flexibility index (Phi) is 5.57. The minimum atomic E-state index is -1.15. The van der Waals surface area contributed by atoms with Crippen molar-refractivity contribution in [3.63, 3.8) is 0 Å². The maximum Gasteiger partial charge on any atom is 0.328 e. The average Bonchev–Trinajstić information content (AvgIpc) is 2.81. The molecule has 0 radical (unpaired) electrons. The molecule has 0 aliphatic carbocycles. The highest BCUT2D eigenvalue weighted by molar-refractivity contribution is 5.94. The van der Waals surface area contributed by atoms with E-state index in [2.05, 4.69) is 5.32 Å². The minimum absolute atomic E-state index is 0.0942. The number of ether oxygens (including phenoxy) is 1. The smallest absolute Gasteiger partial charge is 0.328 e. The van der Waals surface area contributed by atoms with E-state index < -0.39 is 17.9 Å². The van der Waals surface area contributed by atoms with Gasteiger partial charge in [-0.25, -0.2) is 4.79 Å². The predicted molar refractivity (Wildman–Crippen MR) is 68.2 cm³/mol. The first-order valence-electron chi connectivity index (χ1n) is 6.17. The van der Waals surface area contributed by atoms with Crippen LogP contribution in [0.5, 0.6) is 0 Å². The summed E-state index contributed by atoms with van der Waals surface area (Å²) in [5.41, 5.74) is 0.964. The number of aliphatic carboxylic acids is 1. The normalized spacial score (nSPS) is 12.2. The number of amides is 1. The maximum absolute atomic E-state index is 11.9. The molecule has 0 aromatic carbocycles. The standard InChI is InChI=1S/C13H19NO5/c1-4-8-6-11(19-10(8)5-2)12(15)14-9(7-18-3)13(16)17/h6,9H,4-5,7H2,1-3H3,(H,14,15)(H,16,17). The molecule has 2 N–H and O–H groups in total. The summed E-state index contributed by atoms with van der Waals surface area (Å²) in [5, 5.41) is 11.3. The van der Waals surface area contributed by atoms with E-state index >= 15 is 0 Å². The fourth-order valence-electron chi connectivity index (χ4n) is 1.75. The quantitative estimate of drug-likeness (QED) is 0.777. The third kappa shape index (κ3) is 3.82. The second-order valence-corrected chi connectivity index (χ2v) is 4.09. The van der Waals surface area contributed by atoms with Crippen LogP contribution in [0.2, 0.25) is 0 Å². The number of methoxy groups -OCH3 is 1. The molecule has 0 aliphatic heterocycles. The van der Waals surface area contributed by atoms with Gasteiger partial charge in [0.1, 0.15) is 5.76 Å². The molecule has 1 unspecified atom stereocenters. The van der Waals surface area contributed by atoms with E-state index in [1.165, 1.54) is 7.11 Å². The molecule has 6 nitrogen and oxygen atoms in total. The lowest BCUT2D eigenvalue weighted by Gasteiger charge is -2.12. The van der Waals surface area contributed by atoms with Gasteiger partial charge in [0.15, 0.2) is 11.8 Å². The molecule has 1 aromatic rings. The number of carboxylic acids is 1. The van der Waals surface area contributed by atoms with Crippen molar-refractivity contribution >= 4 is 11.9 Å². The molecule has 0 fully saturated rings. The minimum Gasteiger partial charge on any atom is -0.480 e. The van der Waals surface area contributed by atoms with Crippen LogP contribution in [-0.4, -0.2) is 36.7 Å². The van der Waals surface area contributed by atoms with Crippen LogP contribution in [0.15, 0.2) is 10.5 Å². The van der Waals surface area contributed by atoms with Crippen molar-refractivity contribution in [3.05, 3.63) is 23.2 Å². The Hall–Kier alpha value is -1.82. The van der Waals surface area contributed by atoms with Gasteiger partial charge in [-0.1, -0.05) is 13.8 Å². The Morgan fingerprint density at radius 2 is 2.11 bits per heavy atom. The van der Waals surface area contributed by atoms with Crippen molar-refractivity contribution < 1.29 is 23.8 Å². The summed E-state index contributed by atoms with van der Waals surface area (Å²) >= 11 is 0. The number of hydrogen-bond acceptors (Lipinski definition) is 4. The van der Waals surface area contributed by atoms with Gasteiger partial charge >= 0.3 is 5.97 Å². The van der Waals surface area contributed by atoms with E-state index in [0.29, 0.717) is 6.42 Å². The molecular weight excluding hydrogens is 250 g/mol. The van der Waals surface area contributed by atoms with Crippen molar-refractivity contribution in [2.45, 2.75) is 32.7 Å². The third-order valence-electron chi connectivity index (χ3n) is 2.76. The van der Waals surface area contributed by atoms with Gasteiger partial charge in [-0.3, -0.25) is 4.79 Å². The zero-order valence-corrected chi connectivity index (χ0v) is 11.4. The van der Waals surface area contributed by atoms with Gasteiger partial charge in [0.25, 0.3) is 5.91 Å². The van der Waals surface area contributed by atoms with Crippen molar-refractivity contribution in [1.82, 2.24) is 5.32 Å². The molecule has 1 amide bonds. The van der Waals surface area contributed by atoms with E-state index in [-0.39, 0.29) is 12.4 Å². The third-order valence-corrected chi connectivity index (χ3v) is 2.76. The number of nitrogens with one attached hydrogen (secondary N) is 1. The van der Waals surface area contributed by atoms with E-state index in [0.717, 1.165) is 17.7 Å². The summed E-state index contributed by atoms with van der Waals surface area (Å²) in [4.78, 5) is 22.8. The zero-order valence-electron chi connectivity index (χ0n) is 11.4. The molecule has 0 spiro atoms. The Balaban J connectivity index is 2.82. The second-order valence-electron chi connectivity index (χ2n) is 4.09. The van der Waals surface area contributed by atoms with E-state index in [4.69, 9.17) is 14.3 Å². The molecule has 0 saturated heterocycles. The molecule has 1 aromatic heterocycles. The van der Waals surface area contributed by atoms with Crippen LogP contribution in [0.4, 0.5) is 0 Å². The molecule has 19 heavy (non-hydrogen) atoms. The molecule has 1 rings (SSSR count). The van der Waals surface area contributed by atoms with Crippen LogP contribution in [-0.2, 0) is 22.4 Å². The van der Waals surface area contributed by atoms with Gasteiger partial charge in [0.05, 0.1) is 6.61 Å². The zero-order chi connectivity index (χ0) is 14.4. The summed E-state index contributed by atoms with van der Waals surface area (Å²) in [6.45, 7) is 3.81.